The van der Waals surface area contributed by atoms with E-state index in [1.54, 1.807) is 11.3 Å². The van der Waals surface area contributed by atoms with Gasteiger partial charge in [0.25, 0.3) is 0 Å². The first-order valence-electron chi connectivity index (χ1n) is 8.67. The number of ether oxygens (including phenoxy) is 1. The van der Waals surface area contributed by atoms with Crippen molar-refractivity contribution in [2.24, 2.45) is 0 Å². The van der Waals surface area contributed by atoms with E-state index in [9.17, 15) is 4.79 Å². The topological polar surface area (TPSA) is 42.4 Å². The smallest absolute Gasteiger partial charge is 0.227 e. The highest BCUT2D eigenvalue weighted by atomic mass is 32.1. The molecule has 1 atom stereocenters. The van der Waals surface area contributed by atoms with Crippen LogP contribution >= 0.6 is 11.3 Å². The quantitative estimate of drug-likeness (QED) is 0.854. The molecule has 1 unspecified atom stereocenters. The van der Waals surface area contributed by atoms with Crippen molar-refractivity contribution in [3.05, 3.63) is 45.4 Å². The van der Waals surface area contributed by atoms with Crippen LogP contribution in [0.2, 0.25) is 0 Å². The molecule has 1 amide bonds. The van der Waals surface area contributed by atoms with Crippen molar-refractivity contribution in [2.45, 2.75) is 45.1 Å². The van der Waals surface area contributed by atoms with E-state index < -0.39 is 0 Å². The van der Waals surface area contributed by atoms with Gasteiger partial charge in [0.2, 0.25) is 5.91 Å². The molecular weight excluding hydrogens is 320 g/mol. The lowest BCUT2D eigenvalue weighted by atomic mass is 10.0. The lowest BCUT2D eigenvalue weighted by molar-refractivity contribution is -0.134. The summed E-state index contributed by atoms with van der Waals surface area (Å²) in [5, 5.41) is 3.16. The summed E-state index contributed by atoms with van der Waals surface area (Å²) in [5.74, 6) is 1.19. The lowest BCUT2D eigenvalue weighted by Gasteiger charge is -2.34. The molecule has 1 fully saturated rings. The number of likely N-dealkylation sites (tertiary alicyclic amines) is 1. The standard InChI is InChI=1S/C19H22N2O2S/c1-13-12-24-19(20-13)16-4-2-3-8-21(16)18(22)11-14-5-6-17-15(10-14)7-9-23-17/h5-6,10,12,16H,2-4,7-9,11H2,1H3. The Bertz CT molecular complexity index is 756. The van der Waals surface area contributed by atoms with E-state index in [-0.39, 0.29) is 11.9 Å². The summed E-state index contributed by atoms with van der Waals surface area (Å²) < 4.78 is 5.55. The molecule has 0 aliphatic carbocycles. The second-order valence-electron chi connectivity index (χ2n) is 6.64. The van der Waals surface area contributed by atoms with Crippen LogP contribution in [0.5, 0.6) is 5.75 Å². The van der Waals surface area contributed by atoms with Gasteiger partial charge in [-0.2, -0.15) is 0 Å². The SMILES string of the molecule is Cc1csc(C2CCCCN2C(=O)Cc2ccc3c(c2)CCO3)n1. The highest BCUT2D eigenvalue weighted by Crippen LogP contribution is 2.33. The Labute approximate surface area is 146 Å². The second kappa shape index (κ2) is 6.55. The molecule has 4 nitrogen and oxygen atoms in total. The molecule has 0 saturated carbocycles. The maximum absolute atomic E-state index is 12.9. The van der Waals surface area contributed by atoms with Gasteiger partial charge in [-0.3, -0.25) is 4.79 Å². The fourth-order valence-corrected chi connectivity index (χ4v) is 4.58. The number of rotatable bonds is 3. The Morgan fingerprint density at radius 1 is 1.42 bits per heavy atom. The van der Waals surface area contributed by atoms with E-state index in [2.05, 4.69) is 16.4 Å². The normalized spacial score (nSPS) is 19.9. The van der Waals surface area contributed by atoms with Gasteiger partial charge in [0.1, 0.15) is 10.8 Å². The second-order valence-corrected chi connectivity index (χ2v) is 7.53. The van der Waals surface area contributed by atoms with E-state index in [0.29, 0.717) is 6.42 Å². The number of hydrogen-bond donors (Lipinski definition) is 0. The van der Waals surface area contributed by atoms with Crippen LogP contribution in [0.25, 0.3) is 0 Å². The Balaban J connectivity index is 1.51. The average molecular weight is 342 g/mol. The highest BCUT2D eigenvalue weighted by molar-refractivity contribution is 7.09. The van der Waals surface area contributed by atoms with Gasteiger partial charge in [0.15, 0.2) is 0 Å². The van der Waals surface area contributed by atoms with Crippen molar-refractivity contribution >= 4 is 17.2 Å². The van der Waals surface area contributed by atoms with E-state index in [1.807, 2.05) is 24.0 Å². The van der Waals surface area contributed by atoms with E-state index in [0.717, 1.165) is 54.4 Å². The molecule has 0 spiro atoms. The van der Waals surface area contributed by atoms with Crippen molar-refractivity contribution < 1.29 is 9.53 Å². The highest BCUT2D eigenvalue weighted by Gasteiger charge is 2.30. The van der Waals surface area contributed by atoms with Gasteiger partial charge in [0.05, 0.1) is 19.1 Å². The lowest BCUT2D eigenvalue weighted by Crippen LogP contribution is -2.39. The summed E-state index contributed by atoms with van der Waals surface area (Å²) in [6.45, 7) is 3.61. The number of carbonyl (C=O) groups is 1. The predicted molar refractivity (Wildman–Crippen MR) is 94.5 cm³/mol. The van der Waals surface area contributed by atoms with Crippen LogP contribution in [-0.4, -0.2) is 28.9 Å². The summed E-state index contributed by atoms with van der Waals surface area (Å²) >= 11 is 1.68. The van der Waals surface area contributed by atoms with Gasteiger partial charge in [-0.25, -0.2) is 4.98 Å². The minimum Gasteiger partial charge on any atom is -0.493 e. The Hall–Kier alpha value is -1.88. The fourth-order valence-electron chi connectivity index (χ4n) is 3.64. The molecule has 2 aliphatic rings. The Morgan fingerprint density at radius 3 is 3.17 bits per heavy atom. The number of aryl methyl sites for hydroxylation is 1. The number of aromatic nitrogens is 1. The number of nitrogens with zero attached hydrogens (tertiary/aromatic N) is 2. The Kier molecular flexibility index (Phi) is 4.27. The summed E-state index contributed by atoms with van der Waals surface area (Å²) in [6, 6.07) is 6.31. The van der Waals surface area contributed by atoms with Gasteiger partial charge < -0.3 is 9.64 Å². The summed E-state index contributed by atoms with van der Waals surface area (Å²) in [4.78, 5) is 19.6. The van der Waals surface area contributed by atoms with Crippen molar-refractivity contribution in [3.63, 3.8) is 0 Å². The number of fused-ring (bicyclic) bond motifs is 1. The first kappa shape index (κ1) is 15.6. The minimum atomic E-state index is 0.155. The van der Waals surface area contributed by atoms with Crippen LogP contribution in [0.1, 0.15) is 47.1 Å². The molecule has 5 heteroatoms. The molecule has 2 aliphatic heterocycles. The van der Waals surface area contributed by atoms with E-state index in [4.69, 9.17) is 4.74 Å². The van der Waals surface area contributed by atoms with Crippen LogP contribution in [0.4, 0.5) is 0 Å². The van der Waals surface area contributed by atoms with Crippen LogP contribution < -0.4 is 4.74 Å². The van der Waals surface area contributed by atoms with E-state index >= 15 is 0 Å². The molecule has 1 aromatic heterocycles. The zero-order valence-electron chi connectivity index (χ0n) is 14.0. The van der Waals surface area contributed by atoms with Gasteiger partial charge in [-0.15, -0.1) is 11.3 Å². The number of thiazole rings is 1. The summed E-state index contributed by atoms with van der Waals surface area (Å²) in [5.41, 5.74) is 3.36. The third-order valence-electron chi connectivity index (χ3n) is 4.85. The monoisotopic (exact) mass is 342 g/mol. The van der Waals surface area contributed by atoms with Gasteiger partial charge in [-0.1, -0.05) is 12.1 Å². The predicted octanol–water partition coefficient (Wildman–Crippen LogP) is 3.68. The third-order valence-corrected chi connectivity index (χ3v) is 5.92. The summed E-state index contributed by atoms with van der Waals surface area (Å²) in [6.07, 6.45) is 4.70. The van der Waals surface area contributed by atoms with Gasteiger partial charge in [-0.05, 0) is 43.4 Å². The van der Waals surface area contributed by atoms with Crippen molar-refractivity contribution in [1.82, 2.24) is 9.88 Å². The number of carbonyl (C=O) groups excluding carboxylic acids is 1. The molecular formula is C19H22N2O2S. The van der Waals surface area contributed by atoms with Crippen molar-refractivity contribution in [2.75, 3.05) is 13.2 Å². The molecule has 1 aromatic carbocycles. The van der Waals surface area contributed by atoms with Crippen LogP contribution in [0.15, 0.2) is 23.6 Å². The maximum Gasteiger partial charge on any atom is 0.227 e. The molecule has 1 saturated heterocycles. The third kappa shape index (κ3) is 3.05. The van der Waals surface area contributed by atoms with Crippen molar-refractivity contribution in [1.29, 1.82) is 0 Å². The zero-order valence-corrected chi connectivity index (χ0v) is 14.8. The first-order valence-corrected chi connectivity index (χ1v) is 9.55. The molecule has 2 aromatic rings. The van der Waals surface area contributed by atoms with E-state index in [1.165, 1.54) is 12.0 Å². The molecule has 3 heterocycles. The first-order chi connectivity index (χ1) is 11.7. The number of benzene rings is 1. The molecule has 126 valence electrons. The zero-order chi connectivity index (χ0) is 16.5. The number of piperidine rings is 1. The van der Waals surface area contributed by atoms with Crippen LogP contribution in [0, 0.1) is 6.92 Å². The minimum absolute atomic E-state index is 0.155. The number of hydrogen-bond acceptors (Lipinski definition) is 4. The molecule has 0 radical (unpaired) electrons. The van der Waals surface area contributed by atoms with Crippen LogP contribution in [0.3, 0.4) is 0 Å². The van der Waals surface area contributed by atoms with Crippen LogP contribution in [-0.2, 0) is 17.6 Å². The maximum atomic E-state index is 12.9. The fraction of sp³-hybridized carbons (Fsp3) is 0.474. The number of amides is 1. The van der Waals surface area contributed by atoms with Gasteiger partial charge >= 0.3 is 0 Å². The van der Waals surface area contributed by atoms with Gasteiger partial charge in [0, 0.05) is 24.0 Å². The summed E-state index contributed by atoms with van der Waals surface area (Å²) in [7, 11) is 0. The van der Waals surface area contributed by atoms with Crippen molar-refractivity contribution in [3.8, 4) is 5.75 Å². The molecule has 0 bridgehead atoms. The largest absolute Gasteiger partial charge is 0.493 e. The molecule has 0 N–H and O–H groups in total. The molecule has 4 rings (SSSR count). The Morgan fingerprint density at radius 2 is 2.33 bits per heavy atom. The molecule has 24 heavy (non-hydrogen) atoms. The average Bonchev–Trinajstić information content (AvgIpc) is 3.23.